The number of hydrogen-bond acceptors (Lipinski definition) is 3. The minimum Gasteiger partial charge on any atom is -0.334 e. The van der Waals surface area contributed by atoms with Gasteiger partial charge in [-0.1, -0.05) is 17.7 Å². The van der Waals surface area contributed by atoms with Gasteiger partial charge in [0.05, 0.1) is 10.9 Å². The second kappa shape index (κ2) is 8.67. The molecule has 1 saturated heterocycles. The molecule has 0 bridgehead atoms. The van der Waals surface area contributed by atoms with E-state index in [0.717, 1.165) is 22.2 Å². The van der Waals surface area contributed by atoms with Gasteiger partial charge >= 0.3 is 0 Å². The lowest BCUT2D eigenvalue weighted by Crippen LogP contribution is -2.35. The van der Waals surface area contributed by atoms with Crippen molar-refractivity contribution in [2.45, 2.75) is 31.8 Å². The molecule has 1 atom stereocenters. The van der Waals surface area contributed by atoms with Crippen LogP contribution in [0.3, 0.4) is 0 Å². The second-order valence-electron chi connectivity index (χ2n) is 4.77. The molecule has 0 spiro atoms. The standard InChI is InChI=1S/C14H19ClN2OS.ClH/c1-2-8-17(10-12-5-6-13(15)19-12)14(18)9-11-4-3-7-16-11;/h2,5-6,11,16H,1,3-4,7-10H2;1H. The van der Waals surface area contributed by atoms with Crippen molar-refractivity contribution in [2.75, 3.05) is 13.1 Å². The molecule has 1 aliphatic heterocycles. The summed E-state index contributed by atoms with van der Waals surface area (Å²) in [5, 5.41) is 3.36. The summed E-state index contributed by atoms with van der Waals surface area (Å²) >= 11 is 7.45. The summed E-state index contributed by atoms with van der Waals surface area (Å²) in [4.78, 5) is 15.3. The summed E-state index contributed by atoms with van der Waals surface area (Å²) in [6.45, 7) is 5.96. The molecular weight excluding hydrogens is 315 g/mol. The van der Waals surface area contributed by atoms with Crippen LogP contribution in [0.25, 0.3) is 0 Å². The SMILES string of the molecule is C=CCN(Cc1ccc(Cl)s1)C(=O)CC1CCCN1.Cl. The van der Waals surface area contributed by atoms with Crippen molar-refractivity contribution >= 4 is 41.3 Å². The monoisotopic (exact) mass is 334 g/mol. The highest BCUT2D eigenvalue weighted by Crippen LogP contribution is 2.23. The molecule has 1 aromatic rings. The minimum atomic E-state index is 0. The topological polar surface area (TPSA) is 32.3 Å². The Morgan fingerprint density at radius 2 is 2.40 bits per heavy atom. The molecule has 2 rings (SSSR count). The number of carbonyl (C=O) groups excluding carboxylic acids is 1. The van der Waals surface area contributed by atoms with Gasteiger partial charge in [0.15, 0.2) is 0 Å². The van der Waals surface area contributed by atoms with E-state index in [1.54, 1.807) is 6.08 Å². The predicted octanol–water partition coefficient (Wildman–Crippen LogP) is 3.48. The molecule has 1 amide bonds. The Kier molecular flexibility index (Phi) is 7.59. The average Bonchev–Trinajstić information content (AvgIpc) is 3.01. The number of amides is 1. The summed E-state index contributed by atoms with van der Waals surface area (Å²) in [5.74, 6) is 0.184. The fourth-order valence-electron chi connectivity index (χ4n) is 2.31. The number of rotatable bonds is 6. The van der Waals surface area contributed by atoms with Gasteiger partial charge in [-0.05, 0) is 31.5 Å². The number of hydrogen-bond donors (Lipinski definition) is 1. The molecule has 3 nitrogen and oxygen atoms in total. The zero-order valence-electron chi connectivity index (χ0n) is 11.3. The van der Waals surface area contributed by atoms with Crippen molar-refractivity contribution in [3.63, 3.8) is 0 Å². The molecule has 0 aromatic carbocycles. The van der Waals surface area contributed by atoms with E-state index in [0.29, 0.717) is 25.6 Å². The van der Waals surface area contributed by atoms with Gasteiger partial charge in [-0.3, -0.25) is 4.79 Å². The maximum absolute atomic E-state index is 12.3. The Bertz CT molecular complexity index is 444. The van der Waals surface area contributed by atoms with Gasteiger partial charge in [0.2, 0.25) is 5.91 Å². The van der Waals surface area contributed by atoms with Crippen molar-refractivity contribution in [1.29, 1.82) is 0 Å². The first-order chi connectivity index (χ1) is 9.19. The number of halogens is 2. The van der Waals surface area contributed by atoms with E-state index in [1.165, 1.54) is 17.8 Å². The number of carbonyl (C=O) groups is 1. The lowest BCUT2D eigenvalue weighted by Gasteiger charge is -2.22. The van der Waals surface area contributed by atoms with Gasteiger partial charge in [-0.25, -0.2) is 0 Å². The van der Waals surface area contributed by atoms with Crippen LogP contribution >= 0.6 is 35.3 Å². The van der Waals surface area contributed by atoms with Crippen LogP contribution < -0.4 is 5.32 Å². The Morgan fingerprint density at radius 3 is 2.95 bits per heavy atom. The van der Waals surface area contributed by atoms with E-state index in [4.69, 9.17) is 11.6 Å². The number of thiophene rings is 1. The summed E-state index contributed by atoms with van der Waals surface area (Å²) < 4.78 is 0.762. The molecule has 20 heavy (non-hydrogen) atoms. The van der Waals surface area contributed by atoms with Crippen molar-refractivity contribution in [3.05, 3.63) is 34.0 Å². The number of nitrogens with one attached hydrogen (secondary N) is 1. The molecule has 1 N–H and O–H groups in total. The van der Waals surface area contributed by atoms with Gasteiger partial charge in [-0.15, -0.1) is 30.3 Å². The summed E-state index contributed by atoms with van der Waals surface area (Å²) in [5.41, 5.74) is 0. The van der Waals surface area contributed by atoms with E-state index in [9.17, 15) is 4.79 Å². The van der Waals surface area contributed by atoms with Gasteiger partial charge in [-0.2, -0.15) is 0 Å². The smallest absolute Gasteiger partial charge is 0.224 e. The quantitative estimate of drug-likeness (QED) is 0.807. The van der Waals surface area contributed by atoms with Crippen molar-refractivity contribution in [1.82, 2.24) is 10.2 Å². The highest BCUT2D eigenvalue weighted by molar-refractivity contribution is 7.16. The first kappa shape index (κ1) is 17.5. The Morgan fingerprint density at radius 1 is 1.60 bits per heavy atom. The molecule has 0 radical (unpaired) electrons. The Balaban J connectivity index is 0.00000200. The van der Waals surface area contributed by atoms with Crippen LogP contribution in [0.4, 0.5) is 0 Å². The van der Waals surface area contributed by atoms with E-state index in [-0.39, 0.29) is 18.3 Å². The molecule has 0 saturated carbocycles. The fraction of sp³-hybridized carbons (Fsp3) is 0.500. The zero-order valence-corrected chi connectivity index (χ0v) is 13.7. The summed E-state index contributed by atoms with van der Waals surface area (Å²) in [7, 11) is 0. The molecule has 6 heteroatoms. The highest BCUT2D eigenvalue weighted by atomic mass is 35.5. The van der Waals surface area contributed by atoms with Crippen LogP contribution in [0.15, 0.2) is 24.8 Å². The lowest BCUT2D eigenvalue weighted by molar-refractivity contribution is -0.131. The van der Waals surface area contributed by atoms with Gasteiger partial charge in [0.25, 0.3) is 0 Å². The Hall–Kier alpha value is -0.550. The molecule has 1 fully saturated rings. The van der Waals surface area contributed by atoms with Crippen LogP contribution in [0.5, 0.6) is 0 Å². The average molecular weight is 335 g/mol. The van der Waals surface area contributed by atoms with Crippen LogP contribution in [-0.2, 0) is 11.3 Å². The maximum Gasteiger partial charge on any atom is 0.224 e. The van der Waals surface area contributed by atoms with Crippen molar-refractivity contribution in [2.24, 2.45) is 0 Å². The minimum absolute atomic E-state index is 0. The molecule has 2 heterocycles. The van der Waals surface area contributed by atoms with Gasteiger partial charge in [0, 0.05) is 23.9 Å². The lowest BCUT2D eigenvalue weighted by atomic mass is 10.1. The van der Waals surface area contributed by atoms with Crippen LogP contribution in [0, 0.1) is 0 Å². The zero-order chi connectivity index (χ0) is 13.7. The van der Waals surface area contributed by atoms with Crippen LogP contribution in [-0.4, -0.2) is 29.9 Å². The molecule has 1 unspecified atom stereocenters. The first-order valence-electron chi connectivity index (χ1n) is 6.55. The molecule has 1 aromatic heterocycles. The van der Waals surface area contributed by atoms with Crippen LogP contribution in [0.2, 0.25) is 4.34 Å². The van der Waals surface area contributed by atoms with E-state index >= 15 is 0 Å². The Labute approximate surface area is 135 Å². The third-order valence-corrected chi connectivity index (χ3v) is 4.48. The van der Waals surface area contributed by atoms with Crippen molar-refractivity contribution in [3.8, 4) is 0 Å². The molecule has 112 valence electrons. The van der Waals surface area contributed by atoms with Gasteiger partial charge < -0.3 is 10.2 Å². The highest BCUT2D eigenvalue weighted by Gasteiger charge is 2.21. The molecule has 0 aliphatic carbocycles. The van der Waals surface area contributed by atoms with Crippen LogP contribution in [0.1, 0.15) is 24.1 Å². The molecule has 1 aliphatic rings. The predicted molar refractivity (Wildman–Crippen MR) is 87.8 cm³/mol. The van der Waals surface area contributed by atoms with Crippen molar-refractivity contribution < 1.29 is 4.79 Å². The summed E-state index contributed by atoms with van der Waals surface area (Å²) in [6.07, 6.45) is 4.61. The second-order valence-corrected chi connectivity index (χ2v) is 6.57. The fourth-order valence-corrected chi connectivity index (χ4v) is 3.41. The third-order valence-electron chi connectivity index (χ3n) is 3.26. The molecular formula is C14H20Cl2N2OS. The van der Waals surface area contributed by atoms with E-state index in [2.05, 4.69) is 11.9 Å². The maximum atomic E-state index is 12.3. The summed E-state index contributed by atoms with van der Waals surface area (Å²) in [6, 6.07) is 4.19. The van der Waals surface area contributed by atoms with Gasteiger partial charge in [0.1, 0.15) is 0 Å². The largest absolute Gasteiger partial charge is 0.334 e. The normalized spacial score (nSPS) is 17.6. The first-order valence-corrected chi connectivity index (χ1v) is 7.74. The van der Waals surface area contributed by atoms with E-state index in [1.807, 2.05) is 17.0 Å². The third kappa shape index (κ3) is 5.09. The number of nitrogens with zero attached hydrogens (tertiary/aromatic N) is 1. The van der Waals surface area contributed by atoms with E-state index < -0.39 is 0 Å².